The van der Waals surface area contributed by atoms with E-state index >= 15 is 0 Å². The zero-order chi connectivity index (χ0) is 21.4. The number of rotatable bonds is 2. The van der Waals surface area contributed by atoms with Crippen molar-refractivity contribution in [2.75, 3.05) is 0 Å². The lowest BCUT2D eigenvalue weighted by atomic mass is 9.85. The van der Waals surface area contributed by atoms with Gasteiger partial charge in [-0.15, -0.1) is 0 Å². The Bertz CT molecular complexity index is 1260. The van der Waals surface area contributed by atoms with Gasteiger partial charge in [0.2, 0.25) is 8.32 Å². The minimum atomic E-state index is -2.76. The van der Waals surface area contributed by atoms with E-state index in [2.05, 4.69) is 0 Å². The molecule has 4 heterocycles. The van der Waals surface area contributed by atoms with Crippen LogP contribution in [0.4, 0.5) is 0 Å². The number of hydrogen-bond donors (Lipinski definition) is 3. The molecule has 8 heteroatoms. The number of hydrogen-bond acceptors (Lipinski definition) is 6. The quantitative estimate of drug-likeness (QED) is 0.419. The lowest BCUT2D eigenvalue weighted by Gasteiger charge is -2.37. The second-order valence-corrected chi connectivity index (χ2v) is 12.3. The lowest BCUT2D eigenvalue weighted by molar-refractivity contribution is -0.236. The first-order valence-electron chi connectivity index (χ1n) is 10.1. The third-order valence-electron chi connectivity index (χ3n) is 6.36. The summed E-state index contributed by atoms with van der Waals surface area (Å²) in [6, 6.07) is 9.44. The van der Waals surface area contributed by atoms with E-state index in [1.807, 2.05) is 37.4 Å². The lowest BCUT2D eigenvalue weighted by Crippen LogP contribution is -2.47. The average molecular weight is 425 g/mol. The Morgan fingerprint density at radius 1 is 1.30 bits per heavy atom. The van der Waals surface area contributed by atoms with Crippen LogP contribution < -0.4 is 10.7 Å². The number of para-hydroxylation sites is 1. The predicted octanol–water partition coefficient (Wildman–Crippen LogP) is 1.28. The van der Waals surface area contributed by atoms with Gasteiger partial charge in [0.05, 0.1) is 30.1 Å². The molecular formula is C22H24N2O5Si. The summed E-state index contributed by atoms with van der Waals surface area (Å²) in [6.07, 6.45) is -1.20. The highest BCUT2D eigenvalue weighted by atomic mass is 28.4. The van der Waals surface area contributed by atoms with Gasteiger partial charge in [0.25, 0.3) is 5.56 Å². The van der Waals surface area contributed by atoms with Crippen LogP contribution in [0.1, 0.15) is 30.0 Å². The first kappa shape index (κ1) is 19.6. The van der Waals surface area contributed by atoms with E-state index in [1.165, 1.54) is 0 Å². The smallest absolute Gasteiger partial charge is 0.257 e. The van der Waals surface area contributed by atoms with E-state index < -0.39 is 20.2 Å². The van der Waals surface area contributed by atoms with E-state index in [9.17, 15) is 19.8 Å². The van der Waals surface area contributed by atoms with Gasteiger partial charge in [-0.25, -0.2) is 4.98 Å². The molecule has 0 aliphatic carbocycles. The first-order valence-corrected chi connectivity index (χ1v) is 13.1. The predicted molar refractivity (Wildman–Crippen MR) is 115 cm³/mol. The summed E-state index contributed by atoms with van der Waals surface area (Å²) >= 11 is 0. The summed E-state index contributed by atoms with van der Waals surface area (Å²) in [5.74, 6) is 0. The molecule has 0 amide bonds. The monoisotopic (exact) mass is 424 g/mol. The van der Waals surface area contributed by atoms with Gasteiger partial charge in [0, 0.05) is 22.1 Å². The normalized spacial score (nSPS) is 22.7. The average Bonchev–Trinajstić information content (AvgIpc) is 3.06. The minimum Gasteiger partial charge on any atom is -0.428 e. The molecule has 2 aromatic heterocycles. The number of aliphatic hydroxyl groups excluding tert-OH is 1. The number of fused-ring (bicyclic) bond motifs is 5. The number of nitrogens with zero attached hydrogens (tertiary/aromatic N) is 2. The van der Waals surface area contributed by atoms with Gasteiger partial charge in [-0.1, -0.05) is 25.1 Å². The number of pyridine rings is 2. The molecule has 2 atom stereocenters. The molecule has 30 heavy (non-hydrogen) atoms. The molecule has 0 saturated carbocycles. The van der Waals surface area contributed by atoms with E-state index in [-0.39, 0.29) is 18.6 Å². The second kappa shape index (κ2) is 6.32. The molecule has 5 rings (SSSR count). The van der Waals surface area contributed by atoms with E-state index in [0.717, 1.165) is 21.7 Å². The van der Waals surface area contributed by atoms with Crippen LogP contribution in [0.25, 0.3) is 22.3 Å². The zero-order valence-electron chi connectivity index (χ0n) is 17.1. The van der Waals surface area contributed by atoms with Crippen LogP contribution in [0.5, 0.6) is 0 Å². The summed E-state index contributed by atoms with van der Waals surface area (Å²) < 4.78 is 6.95. The van der Waals surface area contributed by atoms with Crippen LogP contribution in [0, 0.1) is 0 Å². The molecule has 1 aromatic carbocycles. The van der Waals surface area contributed by atoms with Gasteiger partial charge in [-0.05, 0) is 36.8 Å². The molecule has 0 radical (unpaired) electrons. The summed E-state index contributed by atoms with van der Waals surface area (Å²) in [5.41, 5.74) is 1.69. The Hall–Kier alpha value is -2.36. The van der Waals surface area contributed by atoms with Crippen molar-refractivity contribution in [3.05, 3.63) is 57.4 Å². The Morgan fingerprint density at radius 3 is 2.73 bits per heavy atom. The molecule has 0 spiro atoms. The zero-order valence-corrected chi connectivity index (χ0v) is 18.1. The van der Waals surface area contributed by atoms with Crippen LogP contribution in [-0.2, 0) is 23.5 Å². The van der Waals surface area contributed by atoms with E-state index in [1.54, 1.807) is 17.6 Å². The van der Waals surface area contributed by atoms with E-state index in [4.69, 9.17) is 9.72 Å². The molecule has 7 nitrogen and oxygen atoms in total. The molecule has 2 aliphatic heterocycles. The summed E-state index contributed by atoms with van der Waals surface area (Å²) in [5, 5.41) is 23.1. The first-order chi connectivity index (χ1) is 14.2. The van der Waals surface area contributed by atoms with Crippen LogP contribution in [0.3, 0.4) is 0 Å². The third-order valence-corrected chi connectivity index (χ3v) is 8.16. The summed E-state index contributed by atoms with van der Waals surface area (Å²) in [7, 11) is -2.76. The van der Waals surface area contributed by atoms with Gasteiger partial charge in [0.15, 0.2) is 6.29 Å². The Morgan fingerprint density at radius 2 is 2.03 bits per heavy atom. The van der Waals surface area contributed by atoms with Crippen molar-refractivity contribution in [2.24, 2.45) is 0 Å². The standard InChI is InChI=1S/C22H24N2O5Si/c1-4-22(27)15-9-17-18-13(10-24(17)20(25)14(15)11-29-21(22)26)19(30(2,3)28)12-7-5-6-8-16(12)23-18/h5-9,21,26-28H,4,10-11H2,1-3H3/t21?,22-/m0/s1. The fraction of sp³-hybridized carbons (Fsp3) is 0.364. The highest BCUT2D eigenvalue weighted by Gasteiger charge is 2.45. The van der Waals surface area contributed by atoms with Crippen molar-refractivity contribution >= 4 is 24.4 Å². The highest BCUT2D eigenvalue weighted by Crippen LogP contribution is 2.40. The third kappa shape index (κ3) is 2.52. The van der Waals surface area contributed by atoms with Crippen LogP contribution in [0.15, 0.2) is 35.1 Å². The second-order valence-electron chi connectivity index (χ2n) is 8.64. The van der Waals surface area contributed by atoms with Crippen LogP contribution in [-0.4, -0.2) is 39.2 Å². The van der Waals surface area contributed by atoms with Crippen molar-refractivity contribution in [3.8, 4) is 11.4 Å². The van der Waals surface area contributed by atoms with Crippen molar-refractivity contribution in [1.29, 1.82) is 0 Å². The Balaban J connectivity index is 1.86. The van der Waals surface area contributed by atoms with Gasteiger partial charge >= 0.3 is 0 Å². The topological polar surface area (TPSA) is 105 Å². The maximum absolute atomic E-state index is 13.3. The summed E-state index contributed by atoms with van der Waals surface area (Å²) in [4.78, 5) is 29.3. The van der Waals surface area contributed by atoms with Gasteiger partial charge in [-0.3, -0.25) is 4.79 Å². The van der Waals surface area contributed by atoms with Gasteiger partial charge in [0.1, 0.15) is 5.60 Å². The van der Waals surface area contributed by atoms with E-state index in [0.29, 0.717) is 29.1 Å². The maximum Gasteiger partial charge on any atom is 0.257 e. The SMILES string of the molecule is CC[C@]1(O)c2cc3n(c(=O)c2COC1O)Cc1c-3nc2ccccc2c1[Si](C)(C)O. The number of benzene rings is 1. The molecule has 3 N–H and O–H groups in total. The van der Waals surface area contributed by atoms with Crippen molar-refractivity contribution < 1.29 is 19.7 Å². The largest absolute Gasteiger partial charge is 0.428 e. The van der Waals surface area contributed by atoms with Gasteiger partial charge in [-0.2, -0.15) is 0 Å². The molecule has 1 unspecified atom stereocenters. The van der Waals surface area contributed by atoms with Crippen molar-refractivity contribution in [2.45, 2.75) is 51.5 Å². The molecule has 2 aliphatic rings. The van der Waals surface area contributed by atoms with Gasteiger partial charge < -0.3 is 24.3 Å². The summed E-state index contributed by atoms with van der Waals surface area (Å²) in [6.45, 7) is 5.73. The van der Waals surface area contributed by atoms with Crippen LogP contribution in [0.2, 0.25) is 13.1 Å². The Kier molecular flexibility index (Phi) is 4.13. The highest BCUT2D eigenvalue weighted by molar-refractivity contribution is 6.85. The van der Waals surface area contributed by atoms with Crippen molar-refractivity contribution in [1.82, 2.24) is 9.55 Å². The molecule has 156 valence electrons. The molecule has 3 aromatic rings. The number of ether oxygens (including phenoxy) is 1. The number of aromatic nitrogens is 2. The molecule has 0 bridgehead atoms. The number of aliphatic hydroxyl groups is 2. The van der Waals surface area contributed by atoms with Crippen molar-refractivity contribution in [3.63, 3.8) is 0 Å². The Labute approximate surface area is 174 Å². The van der Waals surface area contributed by atoms with Crippen LogP contribution >= 0.6 is 0 Å². The molecular weight excluding hydrogens is 400 g/mol. The molecule has 0 fully saturated rings. The maximum atomic E-state index is 13.3. The molecule has 0 saturated heterocycles. The fourth-order valence-electron chi connectivity index (χ4n) is 4.84. The minimum absolute atomic E-state index is 0.0588. The fourth-order valence-corrected chi connectivity index (χ4v) is 6.65.